The van der Waals surface area contributed by atoms with E-state index in [1.807, 2.05) is 36.7 Å². The van der Waals surface area contributed by atoms with Crippen LogP contribution in [0.5, 0.6) is 5.75 Å². The fourth-order valence-corrected chi connectivity index (χ4v) is 6.02. The molecule has 1 saturated heterocycles. The van der Waals surface area contributed by atoms with E-state index in [1.54, 1.807) is 12.1 Å². The number of amides is 1. The number of carbonyl (C=O) groups excluding carboxylic acids is 1. The molecule has 0 bridgehead atoms. The van der Waals surface area contributed by atoms with E-state index in [4.69, 9.17) is 4.74 Å². The molecule has 0 aliphatic carbocycles. The van der Waals surface area contributed by atoms with Crippen molar-refractivity contribution in [3.8, 4) is 5.75 Å². The van der Waals surface area contributed by atoms with E-state index < -0.39 is 16.1 Å². The molecule has 1 aliphatic rings. The lowest BCUT2D eigenvalue weighted by atomic mass is 10.1. The normalized spacial score (nSPS) is 16.5. The Bertz CT molecular complexity index is 1250. The number of aromatic nitrogens is 2. The van der Waals surface area contributed by atoms with Crippen molar-refractivity contribution in [2.24, 2.45) is 0 Å². The Morgan fingerprint density at radius 2 is 1.82 bits per heavy atom. The van der Waals surface area contributed by atoms with Crippen LogP contribution < -0.4 is 10.1 Å². The predicted octanol–water partition coefficient (Wildman–Crippen LogP) is 3.03. The third kappa shape index (κ3) is 4.85. The Morgan fingerprint density at radius 3 is 2.50 bits per heavy atom. The standard InChI is InChI=1S/C25H30N4O4S/c1-18-23(19(2)28(27-18)17-20-8-5-4-6-9-20)16-26-25(30)24-10-7-15-29(24)34(31,32)22-13-11-21(33-3)12-14-22/h4-6,8-9,11-14,24H,7,10,15-17H2,1-3H3,(H,26,30). The van der Waals surface area contributed by atoms with Crippen molar-refractivity contribution in [3.05, 3.63) is 77.1 Å². The van der Waals surface area contributed by atoms with Crippen LogP contribution in [0.1, 0.15) is 35.4 Å². The van der Waals surface area contributed by atoms with Gasteiger partial charge in [-0.05, 0) is 56.5 Å². The molecule has 8 nitrogen and oxygen atoms in total. The second-order valence-electron chi connectivity index (χ2n) is 8.46. The number of sulfonamides is 1. The maximum Gasteiger partial charge on any atom is 0.243 e. The molecule has 9 heteroatoms. The first-order valence-corrected chi connectivity index (χ1v) is 12.8. The number of nitrogens with one attached hydrogen (secondary N) is 1. The fraction of sp³-hybridized carbons (Fsp3) is 0.360. The largest absolute Gasteiger partial charge is 0.497 e. The van der Waals surface area contributed by atoms with E-state index in [0.717, 1.165) is 22.5 Å². The summed E-state index contributed by atoms with van der Waals surface area (Å²) in [4.78, 5) is 13.2. The molecule has 34 heavy (non-hydrogen) atoms. The summed E-state index contributed by atoms with van der Waals surface area (Å²) in [6.07, 6.45) is 1.13. The molecule has 1 aromatic heterocycles. The van der Waals surface area contributed by atoms with Crippen LogP contribution in [0, 0.1) is 13.8 Å². The number of nitrogens with zero attached hydrogens (tertiary/aromatic N) is 3. The Labute approximate surface area is 200 Å². The maximum atomic E-state index is 13.2. The van der Waals surface area contributed by atoms with Crippen LogP contribution in [0.25, 0.3) is 0 Å². The van der Waals surface area contributed by atoms with Gasteiger partial charge in [0.1, 0.15) is 11.8 Å². The molecule has 4 rings (SSSR count). The summed E-state index contributed by atoms with van der Waals surface area (Å²) >= 11 is 0. The summed E-state index contributed by atoms with van der Waals surface area (Å²) < 4.78 is 34.8. The van der Waals surface area contributed by atoms with Crippen molar-refractivity contribution in [3.63, 3.8) is 0 Å². The lowest BCUT2D eigenvalue weighted by Crippen LogP contribution is -2.45. The van der Waals surface area contributed by atoms with Crippen molar-refractivity contribution < 1.29 is 17.9 Å². The van der Waals surface area contributed by atoms with Gasteiger partial charge < -0.3 is 10.1 Å². The van der Waals surface area contributed by atoms with Gasteiger partial charge in [0.15, 0.2) is 0 Å². The summed E-state index contributed by atoms with van der Waals surface area (Å²) in [6, 6.07) is 15.6. The first kappa shape index (κ1) is 24.0. The Hall–Kier alpha value is -3.17. The Morgan fingerprint density at radius 1 is 1.12 bits per heavy atom. The topological polar surface area (TPSA) is 93.5 Å². The molecule has 2 heterocycles. The molecule has 1 fully saturated rings. The summed E-state index contributed by atoms with van der Waals surface area (Å²) in [5, 5.41) is 7.59. The first-order chi connectivity index (χ1) is 16.3. The fourth-order valence-electron chi connectivity index (χ4n) is 4.37. The summed E-state index contributed by atoms with van der Waals surface area (Å²) in [5.41, 5.74) is 3.93. The van der Waals surface area contributed by atoms with Crippen molar-refractivity contribution in [2.75, 3.05) is 13.7 Å². The number of aryl methyl sites for hydroxylation is 1. The van der Waals surface area contributed by atoms with Crippen LogP contribution >= 0.6 is 0 Å². The van der Waals surface area contributed by atoms with E-state index in [1.165, 1.54) is 23.5 Å². The molecule has 1 unspecified atom stereocenters. The van der Waals surface area contributed by atoms with E-state index in [2.05, 4.69) is 22.5 Å². The van der Waals surface area contributed by atoms with Gasteiger partial charge in [-0.1, -0.05) is 30.3 Å². The minimum atomic E-state index is -3.79. The zero-order valence-electron chi connectivity index (χ0n) is 19.7. The summed E-state index contributed by atoms with van der Waals surface area (Å²) in [7, 11) is -2.26. The van der Waals surface area contributed by atoms with E-state index in [-0.39, 0.29) is 10.8 Å². The predicted molar refractivity (Wildman–Crippen MR) is 129 cm³/mol. The molecule has 180 valence electrons. The van der Waals surface area contributed by atoms with Crippen LogP contribution in [0.2, 0.25) is 0 Å². The third-order valence-electron chi connectivity index (χ3n) is 6.32. The average molecular weight is 483 g/mol. The molecule has 1 N–H and O–H groups in total. The van der Waals surface area contributed by atoms with Gasteiger partial charge >= 0.3 is 0 Å². The summed E-state index contributed by atoms with van der Waals surface area (Å²) in [6.45, 7) is 5.18. The first-order valence-electron chi connectivity index (χ1n) is 11.3. The van der Waals surface area contributed by atoms with Crippen molar-refractivity contribution in [1.82, 2.24) is 19.4 Å². The van der Waals surface area contributed by atoms with Crippen LogP contribution in [0.15, 0.2) is 59.5 Å². The SMILES string of the molecule is COc1ccc(S(=O)(=O)N2CCCC2C(=O)NCc2c(C)nn(Cc3ccccc3)c2C)cc1. The number of carbonyl (C=O) groups is 1. The zero-order valence-corrected chi connectivity index (χ0v) is 20.5. The Kier molecular flexibility index (Phi) is 7.04. The van der Waals surface area contributed by atoms with Crippen LogP contribution in [-0.2, 0) is 27.9 Å². The van der Waals surface area contributed by atoms with Crippen molar-refractivity contribution in [1.29, 1.82) is 0 Å². The molecule has 0 spiro atoms. The minimum absolute atomic E-state index is 0.155. The van der Waals surface area contributed by atoms with Gasteiger partial charge in [-0.2, -0.15) is 9.40 Å². The number of benzene rings is 2. The second-order valence-corrected chi connectivity index (χ2v) is 10.4. The Balaban J connectivity index is 1.45. The molecule has 0 radical (unpaired) electrons. The third-order valence-corrected chi connectivity index (χ3v) is 8.24. The van der Waals surface area contributed by atoms with Gasteiger partial charge in [-0.15, -0.1) is 0 Å². The quantitative estimate of drug-likeness (QED) is 0.533. The highest BCUT2D eigenvalue weighted by Gasteiger charge is 2.39. The van der Waals surface area contributed by atoms with Gasteiger partial charge in [0, 0.05) is 24.3 Å². The number of hydrogen-bond donors (Lipinski definition) is 1. The highest BCUT2D eigenvalue weighted by Crippen LogP contribution is 2.27. The smallest absolute Gasteiger partial charge is 0.243 e. The van der Waals surface area contributed by atoms with Crippen LogP contribution in [-0.4, -0.2) is 48.1 Å². The van der Waals surface area contributed by atoms with Gasteiger partial charge in [0.25, 0.3) is 0 Å². The highest BCUT2D eigenvalue weighted by molar-refractivity contribution is 7.89. The molecule has 2 aromatic carbocycles. The highest BCUT2D eigenvalue weighted by atomic mass is 32.2. The molecular formula is C25H30N4O4S. The van der Waals surface area contributed by atoms with Gasteiger partial charge in [0.2, 0.25) is 15.9 Å². The van der Waals surface area contributed by atoms with E-state index >= 15 is 0 Å². The van der Waals surface area contributed by atoms with E-state index in [9.17, 15) is 13.2 Å². The molecule has 0 saturated carbocycles. The maximum absolute atomic E-state index is 13.2. The van der Waals surface area contributed by atoms with Crippen molar-refractivity contribution in [2.45, 2.75) is 50.7 Å². The summed E-state index contributed by atoms with van der Waals surface area (Å²) in [5.74, 6) is 0.289. The average Bonchev–Trinajstić information content (AvgIpc) is 3.44. The lowest BCUT2D eigenvalue weighted by molar-refractivity contribution is -0.124. The zero-order chi connectivity index (χ0) is 24.3. The number of hydrogen-bond acceptors (Lipinski definition) is 5. The van der Waals surface area contributed by atoms with E-state index in [0.29, 0.717) is 38.2 Å². The molecule has 1 amide bonds. The number of methoxy groups -OCH3 is 1. The van der Waals surface area contributed by atoms with Gasteiger partial charge in [0.05, 0.1) is 24.2 Å². The van der Waals surface area contributed by atoms with Gasteiger partial charge in [-0.25, -0.2) is 8.42 Å². The number of ether oxygens (including phenoxy) is 1. The van der Waals surface area contributed by atoms with Gasteiger partial charge in [-0.3, -0.25) is 9.48 Å². The van der Waals surface area contributed by atoms with Crippen molar-refractivity contribution >= 4 is 15.9 Å². The molecule has 1 atom stereocenters. The molecule has 3 aromatic rings. The van der Waals surface area contributed by atoms with Crippen LogP contribution in [0.3, 0.4) is 0 Å². The second kappa shape index (κ2) is 9.99. The monoisotopic (exact) mass is 482 g/mol. The molecular weight excluding hydrogens is 452 g/mol. The number of rotatable bonds is 8. The lowest BCUT2D eigenvalue weighted by Gasteiger charge is -2.23. The minimum Gasteiger partial charge on any atom is -0.497 e. The molecule has 1 aliphatic heterocycles. The van der Waals surface area contributed by atoms with Crippen LogP contribution in [0.4, 0.5) is 0 Å².